The van der Waals surface area contributed by atoms with Gasteiger partial charge < -0.3 is 4.90 Å². The monoisotopic (exact) mass is 343 g/mol. The maximum atomic E-state index is 12.5. The maximum Gasteiger partial charge on any atom is 0.254 e. The number of hydrogen-bond donors (Lipinski definition) is 0. The van der Waals surface area contributed by atoms with Crippen molar-refractivity contribution < 1.29 is 9.00 Å². The minimum absolute atomic E-state index is 0.0159. The SMILES string of the molecule is Cc1ccc(C(=O)N2CC[S@@](=O)[C@@H](C)[C@@H]2C)cc1Br. The normalized spacial score (nSPS) is 27.4. The molecule has 0 radical (unpaired) electrons. The molecule has 1 saturated heterocycles. The summed E-state index contributed by atoms with van der Waals surface area (Å²) in [6.07, 6.45) is 0. The zero-order valence-corrected chi connectivity index (χ0v) is 13.8. The van der Waals surface area contributed by atoms with Crippen LogP contribution in [0.2, 0.25) is 0 Å². The van der Waals surface area contributed by atoms with Crippen LogP contribution in [0.4, 0.5) is 0 Å². The number of carbonyl (C=O) groups is 1. The molecule has 104 valence electrons. The van der Waals surface area contributed by atoms with Crippen LogP contribution in [0.3, 0.4) is 0 Å². The first kappa shape index (κ1) is 14.7. The number of carbonyl (C=O) groups excluding carboxylic acids is 1. The van der Waals surface area contributed by atoms with Crippen LogP contribution in [0.15, 0.2) is 22.7 Å². The predicted molar refractivity (Wildman–Crippen MR) is 81.8 cm³/mol. The Labute approximate surface area is 125 Å². The van der Waals surface area contributed by atoms with Crippen LogP contribution < -0.4 is 0 Å². The lowest BCUT2D eigenvalue weighted by atomic mass is 10.1. The highest BCUT2D eigenvalue weighted by Crippen LogP contribution is 2.22. The molecule has 2 rings (SSSR count). The Bertz CT molecular complexity index is 532. The molecule has 1 aliphatic heterocycles. The van der Waals surface area contributed by atoms with Gasteiger partial charge in [0.25, 0.3) is 5.91 Å². The molecule has 0 aromatic heterocycles. The van der Waals surface area contributed by atoms with Crippen molar-refractivity contribution in [3.8, 4) is 0 Å². The van der Waals surface area contributed by atoms with Crippen molar-refractivity contribution in [1.29, 1.82) is 0 Å². The lowest BCUT2D eigenvalue weighted by Gasteiger charge is -2.37. The first-order chi connectivity index (χ1) is 8.91. The van der Waals surface area contributed by atoms with Crippen molar-refractivity contribution in [2.75, 3.05) is 12.3 Å². The fraction of sp³-hybridized carbons (Fsp3) is 0.500. The third-order valence-electron chi connectivity index (χ3n) is 3.80. The van der Waals surface area contributed by atoms with Gasteiger partial charge in [0.2, 0.25) is 0 Å². The topological polar surface area (TPSA) is 37.4 Å². The number of halogens is 1. The zero-order chi connectivity index (χ0) is 14.2. The summed E-state index contributed by atoms with van der Waals surface area (Å²) in [5.41, 5.74) is 1.79. The van der Waals surface area contributed by atoms with Crippen molar-refractivity contribution >= 4 is 32.6 Å². The first-order valence-corrected chi connectivity index (χ1v) is 8.53. The molecule has 1 aromatic carbocycles. The van der Waals surface area contributed by atoms with Crippen LogP contribution in [0.25, 0.3) is 0 Å². The van der Waals surface area contributed by atoms with E-state index in [9.17, 15) is 9.00 Å². The first-order valence-electron chi connectivity index (χ1n) is 6.36. The van der Waals surface area contributed by atoms with E-state index in [1.54, 1.807) is 0 Å². The molecule has 0 saturated carbocycles. The summed E-state index contributed by atoms with van der Waals surface area (Å²) in [6.45, 7) is 6.49. The molecule has 1 fully saturated rings. The molecule has 0 aliphatic carbocycles. The lowest BCUT2D eigenvalue weighted by molar-refractivity contribution is 0.0695. The summed E-state index contributed by atoms with van der Waals surface area (Å²) in [7, 11) is -0.820. The van der Waals surface area contributed by atoms with Crippen LogP contribution >= 0.6 is 15.9 Å². The number of benzene rings is 1. The molecule has 1 heterocycles. The van der Waals surface area contributed by atoms with E-state index in [1.165, 1.54) is 0 Å². The summed E-state index contributed by atoms with van der Waals surface area (Å²) < 4.78 is 12.7. The van der Waals surface area contributed by atoms with E-state index in [0.717, 1.165) is 10.0 Å². The van der Waals surface area contributed by atoms with Crippen LogP contribution in [0.5, 0.6) is 0 Å². The van der Waals surface area contributed by atoms with E-state index in [0.29, 0.717) is 17.9 Å². The van der Waals surface area contributed by atoms with Crippen molar-refractivity contribution in [3.63, 3.8) is 0 Å². The average molecular weight is 344 g/mol. The van der Waals surface area contributed by atoms with Crippen molar-refractivity contribution in [2.45, 2.75) is 32.1 Å². The Morgan fingerprint density at radius 2 is 2.11 bits per heavy atom. The minimum Gasteiger partial charge on any atom is -0.334 e. The molecule has 1 aromatic rings. The van der Waals surface area contributed by atoms with E-state index in [2.05, 4.69) is 15.9 Å². The second-order valence-corrected chi connectivity index (χ2v) is 7.76. The highest BCUT2D eigenvalue weighted by atomic mass is 79.9. The van der Waals surface area contributed by atoms with E-state index in [1.807, 2.05) is 43.9 Å². The van der Waals surface area contributed by atoms with Crippen LogP contribution in [0.1, 0.15) is 29.8 Å². The van der Waals surface area contributed by atoms with Crippen LogP contribution in [-0.2, 0) is 10.8 Å². The average Bonchev–Trinajstić information content (AvgIpc) is 2.39. The van der Waals surface area contributed by atoms with E-state index in [4.69, 9.17) is 0 Å². The molecule has 0 spiro atoms. The molecule has 5 heteroatoms. The minimum atomic E-state index is -0.820. The highest BCUT2D eigenvalue weighted by Gasteiger charge is 2.33. The maximum absolute atomic E-state index is 12.5. The Morgan fingerprint density at radius 1 is 1.42 bits per heavy atom. The molecule has 1 amide bonds. The van der Waals surface area contributed by atoms with Gasteiger partial charge in [-0.2, -0.15) is 0 Å². The van der Waals surface area contributed by atoms with Gasteiger partial charge in [0, 0.05) is 39.2 Å². The van der Waals surface area contributed by atoms with Crippen molar-refractivity contribution in [1.82, 2.24) is 4.90 Å². The number of rotatable bonds is 1. The zero-order valence-electron chi connectivity index (χ0n) is 11.4. The van der Waals surface area contributed by atoms with E-state index in [-0.39, 0.29) is 17.2 Å². The van der Waals surface area contributed by atoms with Gasteiger partial charge >= 0.3 is 0 Å². The molecule has 19 heavy (non-hydrogen) atoms. The number of aryl methyl sites for hydroxylation is 1. The molecule has 3 atom stereocenters. The molecular weight excluding hydrogens is 326 g/mol. The van der Waals surface area contributed by atoms with E-state index >= 15 is 0 Å². The van der Waals surface area contributed by atoms with Gasteiger partial charge in [0.1, 0.15) is 0 Å². The summed E-state index contributed by atoms with van der Waals surface area (Å²) in [4.78, 5) is 14.4. The van der Waals surface area contributed by atoms with Crippen LogP contribution in [-0.4, -0.2) is 38.6 Å². The standard InChI is InChI=1S/C14H18BrNO2S/c1-9-4-5-12(8-13(9)15)14(17)16-6-7-19(18)11(3)10(16)2/h4-5,8,10-11H,6-7H2,1-3H3/t10-,11-,19+/m0/s1. The third-order valence-corrected chi connectivity index (χ3v) is 6.46. The summed E-state index contributed by atoms with van der Waals surface area (Å²) in [5.74, 6) is 0.598. The second kappa shape index (κ2) is 5.75. The van der Waals surface area contributed by atoms with Crippen molar-refractivity contribution in [2.24, 2.45) is 0 Å². The largest absolute Gasteiger partial charge is 0.334 e. The fourth-order valence-electron chi connectivity index (χ4n) is 2.23. The highest BCUT2D eigenvalue weighted by molar-refractivity contribution is 9.10. The number of amides is 1. The number of hydrogen-bond acceptors (Lipinski definition) is 2. The van der Waals surface area contributed by atoms with Crippen molar-refractivity contribution in [3.05, 3.63) is 33.8 Å². The van der Waals surface area contributed by atoms with Gasteiger partial charge in [0.05, 0.1) is 5.25 Å². The third kappa shape index (κ3) is 2.92. The van der Waals surface area contributed by atoms with Gasteiger partial charge in [0.15, 0.2) is 0 Å². The van der Waals surface area contributed by atoms with Crippen LogP contribution in [0, 0.1) is 6.92 Å². The Hall–Kier alpha value is -0.680. The predicted octanol–water partition coefficient (Wildman–Crippen LogP) is 2.74. The quantitative estimate of drug-likeness (QED) is 0.786. The summed E-state index contributed by atoms with van der Waals surface area (Å²) in [5, 5.41) is 0.0339. The van der Waals surface area contributed by atoms with Gasteiger partial charge in [-0.3, -0.25) is 9.00 Å². The summed E-state index contributed by atoms with van der Waals surface area (Å²) >= 11 is 3.46. The summed E-state index contributed by atoms with van der Waals surface area (Å²) in [6, 6.07) is 5.67. The molecule has 0 N–H and O–H groups in total. The molecular formula is C14H18BrNO2S. The van der Waals surface area contributed by atoms with Gasteiger partial charge in [-0.15, -0.1) is 0 Å². The molecule has 3 nitrogen and oxygen atoms in total. The fourth-order valence-corrected chi connectivity index (χ4v) is 3.94. The smallest absolute Gasteiger partial charge is 0.254 e. The molecule has 1 aliphatic rings. The Kier molecular flexibility index (Phi) is 4.46. The van der Waals surface area contributed by atoms with E-state index < -0.39 is 10.8 Å². The lowest BCUT2D eigenvalue weighted by Crippen LogP contribution is -2.52. The van der Waals surface area contributed by atoms with Gasteiger partial charge in [-0.1, -0.05) is 22.0 Å². The van der Waals surface area contributed by atoms with Gasteiger partial charge in [-0.05, 0) is 38.5 Å². The van der Waals surface area contributed by atoms with Gasteiger partial charge in [-0.25, -0.2) is 0 Å². The number of nitrogens with zero attached hydrogens (tertiary/aromatic N) is 1. The second-order valence-electron chi connectivity index (χ2n) is 4.99. The Balaban J connectivity index is 2.24. The Morgan fingerprint density at radius 3 is 2.74 bits per heavy atom. The molecule has 0 bridgehead atoms. The molecule has 0 unspecified atom stereocenters.